The van der Waals surface area contributed by atoms with Crippen LogP contribution in [0.15, 0.2) is 11.3 Å². The first-order chi connectivity index (χ1) is 9.29. The summed E-state index contributed by atoms with van der Waals surface area (Å²) in [5, 5.41) is 26.6. The first-order valence-corrected chi connectivity index (χ1v) is 5.82. The number of aliphatic hydroxyl groups is 1. The van der Waals surface area contributed by atoms with Crippen molar-refractivity contribution in [2.24, 2.45) is 10.8 Å². The van der Waals surface area contributed by atoms with Crippen molar-refractivity contribution >= 4 is 29.5 Å². The number of hydrogen-bond donors (Lipinski definition) is 3. The average molecular weight is 368 g/mol. The molecule has 0 aromatic carbocycles. The van der Waals surface area contributed by atoms with Gasteiger partial charge in [-0.15, -0.1) is 0 Å². The molecule has 0 aliphatic carbocycles. The van der Waals surface area contributed by atoms with E-state index in [2.05, 4.69) is 27.7 Å². The van der Waals surface area contributed by atoms with Gasteiger partial charge in [0.1, 0.15) is 5.69 Å². The predicted octanol–water partition coefficient (Wildman–Crippen LogP) is -1.26. The maximum absolute atomic E-state index is 9.11. The minimum absolute atomic E-state index is 0. The monoisotopic (exact) mass is 366 g/mol. The number of nitrogens with two attached hydrogens (primary N) is 1. The maximum Gasteiger partial charge on any atom is 2.00 e. The van der Waals surface area contributed by atoms with Gasteiger partial charge in [0.15, 0.2) is 5.11 Å². The number of hydrazone groups is 1. The second kappa shape index (κ2) is 11.1. The summed E-state index contributed by atoms with van der Waals surface area (Å²) < 4.78 is 0. The number of carbonyl (C=O) groups is 1. The van der Waals surface area contributed by atoms with Crippen LogP contribution < -0.4 is 11.2 Å². The Bertz CT molecular complexity index is 521. The molecule has 110 valence electrons. The second-order valence-corrected chi connectivity index (χ2v) is 4.05. The Hall–Kier alpha value is -1.64. The van der Waals surface area contributed by atoms with E-state index in [9.17, 15) is 0 Å². The minimum Gasteiger partial charge on any atom is -0.592 e. The second-order valence-electron chi connectivity index (χ2n) is 3.61. The fraction of sp³-hybridized carbons (Fsp3) is 0.273. The van der Waals surface area contributed by atoms with Crippen molar-refractivity contribution in [2.75, 3.05) is 0 Å². The summed E-state index contributed by atoms with van der Waals surface area (Å²) in [7, 11) is 0. The Morgan fingerprint density at radius 2 is 2.19 bits per heavy atom. The van der Waals surface area contributed by atoms with E-state index in [1.807, 2.05) is 0 Å². The number of thiocarbonyl (C=S) groups is 1. The molecule has 0 spiro atoms. The van der Waals surface area contributed by atoms with Crippen LogP contribution in [0.5, 0.6) is 5.75 Å². The van der Waals surface area contributed by atoms with Crippen molar-refractivity contribution < 1.29 is 39.6 Å². The van der Waals surface area contributed by atoms with Crippen LogP contribution in [-0.2, 0) is 30.9 Å². The molecule has 1 rings (SSSR count). The van der Waals surface area contributed by atoms with Crippen LogP contribution in [0.4, 0.5) is 0 Å². The number of carbonyl (C=O) groups excluding carboxylic acids is 1. The fourth-order valence-electron chi connectivity index (χ4n) is 1.10. The van der Waals surface area contributed by atoms with E-state index in [1.165, 1.54) is 19.3 Å². The zero-order chi connectivity index (χ0) is 15.7. The SMILES string of the molecule is CC(=O)[OH2+].Cc1ncc(CO)c(C=NNC(N)=S)c1[OH2+].[Zn+2]. The number of aryl methyl sites for hydroxylation is 1. The van der Waals surface area contributed by atoms with Gasteiger partial charge in [-0.05, 0) is 19.1 Å². The summed E-state index contributed by atoms with van der Waals surface area (Å²) in [5.41, 5.74) is 9.17. The molecular formula is C11H18N4O4SZn+4. The topological polar surface area (TPSA) is 146 Å². The van der Waals surface area contributed by atoms with Gasteiger partial charge in [-0.2, -0.15) is 5.10 Å². The van der Waals surface area contributed by atoms with E-state index in [0.717, 1.165) is 0 Å². The Morgan fingerprint density at radius 1 is 1.67 bits per heavy atom. The van der Waals surface area contributed by atoms with E-state index in [0.29, 0.717) is 16.8 Å². The van der Waals surface area contributed by atoms with Crippen molar-refractivity contribution in [2.45, 2.75) is 20.5 Å². The minimum atomic E-state index is -0.583. The van der Waals surface area contributed by atoms with Crippen LogP contribution in [0.2, 0.25) is 0 Å². The zero-order valence-electron chi connectivity index (χ0n) is 11.8. The number of aromatic nitrogens is 1. The molecule has 0 bridgehead atoms. The van der Waals surface area contributed by atoms with E-state index < -0.39 is 5.97 Å². The summed E-state index contributed by atoms with van der Waals surface area (Å²) in [6.45, 7) is 2.70. The van der Waals surface area contributed by atoms with E-state index in [4.69, 9.17) is 25.8 Å². The van der Waals surface area contributed by atoms with Gasteiger partial charge < -0.3 is 21.1 Å². The Labute approximate surface area is 139 Å². The van der Waals surface area contributed by atoms with Crippen molar-refractivity contribution in [3.63, 3.8) is 0 Å². The van der Waals surface area contributed by atoms with Gasteiger partial charge in [0, 0.05) is 16.6 Å². The first kappa shape index (κ1) is 21.7. The fourth-order valence-corrected chi connectivity index (χ4v) is 1.15. The van der Waals surface area contributed by atoms with E-state index in [-0.39, 0.29) is 36.9 Å². The van der Waals surface area contributed by atoms with Gasteiger partial charge in [-0.25, -0.2) is 0 Å². The van der Waals surface area contributed by atoms with Gasteiger partial charge in [-0.1, -0.05) is 0 Å². The third kappa shape index (κ3) is 9.01. The maximum atomic E-state index is 9.11. The smallest absolute Gasteiger partial charge is 0.592 e. The molecule has 10 heteroatoms. The Kier molecular flexibility index (Phi) is 11.4. The molecule has 0 atom stereocenters. The first-order valence-electron chi connectivity index (χ1n) is 5.41. The van der Waals surface area contributed by atoms with Crippen LogP contribution >= 0.6 is 12.2 Å². The standard InChI is InChI=1S/C9H12N4O2S.C2H4O2.Zn/c1-5-8(15)7(3-12-13-9(10)16)6(4-14)2-11-5;1-2(3)4;/h2-3,14-15H,4H2,1H3,(H3,10,13,16);1H3,(H,3,4);/q;;+2/p+2. The van der Waals surface area contributed by atoms with Crippen LogP contribution in [0.3, 0.4) is 0 Å². The molecule has 0 radical (unpaired) electrons. The number of pyridine rings is 1. The summed E-state index contributed by atoms with van der Waals surface area (Å²) in [4.78, 5) is 13.1. The molecule has 0 saturated heterocycles. The third-order valence-electron chi connectivity index (χ3n) is 1.93. The molecule has 0 aliphatic rings. The molecule has 1 heterocycles. The van der Waals surface area contributed by atoms with Crippen LogP contribution in [0.1, 0.15) is 23.7 Å². The molecule has 8 N–H and O–H groups in total. The van der Waals surface area contributed by atoms with Crippen LogP contribution in [0.25, 0.3) is 0 Å². The number of hydrogen-bond acceptors (Lipinski definition) is 5. The Balaban J connectivity index is 0. The summed E-state index contributed by atoms with van der Waals surface area (Å²) >= 11 is 4.58. The number of nitrogens with zero attached hydrogens (tertiary/aromatic N) is 2. The molecular weight excluding hydrogens is 350 g/mol. The summed E-state index contributed by atoms with van der Waals surface area (Å²) in [6.07, 6.45) is 2.90. The molecule has 0 fully saturated rings. The van der Waals surface area contributed by atoms with Gasteiger partial charge in [0.05, 0.1) is 25.3 Å². The van der Waals surface area contributed by atoms with Crippen molar-refractivity contribution in [1.29, 1.82) is 0 Å². The molecule has 1 aromatic heterocycles. The number of rotatable bonds is 3. The van der Waals surface area contributed by atoms with E-state index in [1.54, 1.807) is 6.92 Å². The number of nitrogens with one attached hydrogen (secondary N) is 1. The summed E-state index contributed by atoms with van der Waals surface area (Å²) in [6, 6.07) is 0. The quantitative estimate of drug-likeness (QED) is 0.200. The molecule has 8 nitrogen and oxygen atoms in total. The number of aliphatic hydroxyl groups excluding tert-OH is 1. The molecule has 0 unspecified atom stereocenters. The van der Waals surface area contributed by atoms with Crippen molar-refractivity contribution in [3.8, 4) is 5.75 Å². The Morgan fingerprint density at radius 3 is 2.62 bits per heavy atom. The van der Waals surface area contributed by atoms with Gasteiger partial charge >= 0.3 is 25.4 Å². The molecule has 0 amide bonds. The van der Waals surface area contributed by atoms with Gasteiger partial charge in [0.25, 0.3) is 5.75 Å². The average Bonchev–Trinajstić information content (AvgIpc) is 2.33. The normalized spacial score (nSPS) is 9.29. The van der Waals surface area contributed by atoms with Gasteiger partial charge in [0.2, 0.25) is 0 Å². The predicted molar refractivity (Wildman–Crippen MR) is 79.8 cm³/mol. The third-order valence-corrected chi connectivity index (χ3v) is 2.02. The largest absolute Gasteiger partial charge is 2.00 e. The zero-order valence-corrected chi connectivity index (χ0v) is 15.6. The molecule has 0 saturated carbocycles. The molecule has 21 heavy (non-hydrogen) atoms. The van der Waals surface area contributed by atoms with Crippen molar-refractivity contribution in [3.05, 3.63) is 23.0 Å². The van der Waals surface area contributed by atoms with Crippen molar-refractivity contribution in [1.82, 2.24) is 10.4 Å². The van der Waals surface area contributed by atoms with Crippen LogP contribution in [-0.4, -0.2) is 37.6 Å². The molecule has 0 aliphatic heterocycles. The van der Waals surface area contributed by atoms with Crippen LogP contribution in [0, 0.1) is 6.92 Å². The van der Waals surface area contributed by atoms with E-state index >= 15 is 0 Å². The molecule has 1 aromatic rings. The van der Waals surface area contributed by atoms with Gasteiger partial charge in [-0.3, -0.25) is 10.4 Å². The summed E-state index contributed by atoms with van der Waals surface area (Å²) in [5.74, 6) is -0.361.